The minimum absolute atomic E-state index is 0.184. The number of benzene rings is 1. The molecule has 1 amide bonds. The molecule has 130 valence electrons. The van der Waals surface area contributed by atoms with Crippen LogP contribution in [0.1, 0.15) is 23.9 Å². The molecule has 0 fully saturated rings. The maximum absolute atomic E-state index is 13.2. The Morgan fingerprint density at radius 3 is 2.88 bits per heavy atom. The Morgan fingerprint density at radius 2 is 2.19 bits per heavy atom. The van der Waals surface area contributed by atoms with E-state index >= 15 is 0 Å². The van der Waals surface area contributed by atoms with E-state index in [1.165, 1.54) is 17.6 Å². The molecule has 0 radical (unpaired) electrons. The van der Waals surface area contributed by atoms with Crippen LogP contribution < -0.4 is 11.0 Å². The third kappa shape index (κ3) is 3.21. The van der Waals surface area contributed by atoms with Crippen molar-refractivity contribution in [3.8, 4) is 5.69 Å². The molecule has 0 aliphatic rings. The lowest BCUT2D eigenvalue weighted by Crippen LogP contribution is -2.24. The van der Waals surface area contributed by atoms with Gasteiger partial charge in [-0.25, -0.2) is 10.5 Å². The zero-order chi connectivity index (χ0) is 18.7. The molecule has 1 heterocycles. The van der Waals surface area contributed by atoms with Crippen LogP contribution in [0, 0.1) is 19.1 Å². The molecule has 0 saturated heterocycles. The largest absolute Gasteiger partial charge is 0.288 e. The summed E-state index contributed by atoms with van der Waals surface area (Å²) >= 11 is 0. The number of fused-ring (bicyclic) bond motifs is 1. The third-order valence-electron chi connectivity index (χ3n) is 4.02. The molecule has 26 heavy (non-hydrogen) atoms. The normalized spacial score (nSPS) is 10.9. The fourth-order valence-electron chi connectivity index (χ4n) is 2.75. The molecule has 0 aliphatic heterocycles. The fourth-order valence-corrected chi connectivity index (χ4v) is 2.75. The lowest BCUT2D eigenvalue weighted by molar-refractivity contribution is -0.124. The number of hydrogen-bond donors (Lipinski definition) is 2. The molecule has 2 N–H and O–H groups in total. The van der Waals surface area contributed by atoms with E-state index in [9.17, 15) is 9.59 Å². The number of carbonyl (C=O) groups is 1. The van der Waals surface area contributed by atoms with Gasteiger partial charge >= 0.3 is 0 Å². The molecule has 6 heteroatoms. The number of rotatable bonds is 4. The summed E-state index contributed by atoms with van der Waals surface area (Å²) in [5, 5.41) is 9.00. The maximum atomic E-state index is 13.2. The number of nitrogens with zero attached hydrogens (tertiary/aromatic N) is 2. The van der Waals surface area contributed by atoms with Crippen molar-refractivity contribution in [2.75, 3.05) is 0 Å². The number of aryl methyl sites for hydroxylation is 1. The van der Waals surface area contributed by atoms with Crippen LogP contribution in [-0.2, 0) is 11.2 Å². The Balaban J connectivity index is 2.24. The van der Waals surface area contributed by atoms with Crippen LogP contribution in [0.15, 0.2) is 41.2 Å². The first-order valence-electron chi connectivity index (χ1n) is 8.12. The second kappa shape index (κ2) is 7.21. The summed E-state index contributed by atoms with van der Waals surface area (Å²) in [4.78, 5) is 28.9. The molecule has 1 aromatic heterocycles. The Labute approximate surface area is 150 Å². The highest BCUT2D eigenvalue weighted by atomic mass is 16.5. The van der Waals surface area contributed by atoms with Gasteiger partial charge in [0.1, 0.15) is 5.82 Å². The van der Waals surface area contributed by atoms with Crippen molar-refractivity contribution in [1.82, 2.24) is 15.0 Å². The number of aromatic nitrogens is 2. The number of amides is 1. The van der Waals surface area contributed by atoms with E-state index in [1.807, 2.05) is 19.9 Å². The summed E-state index contributed by atoms with van der Waals surface area (Å²) in [6.07, 6.45) is 3.29. The number of hydroxylamine groups is 1. The van der Waals surface area contributed by atoms with Crippen molar-refractivity contribution < 1.29 is 10.0 Å². The summed E-state index contributed by atoms with van der Waals surface area (Å²) < 4.78 is 1.59. The zero-order valence-corrected chi connectivity index (χ0v) is 14.4. The average Bonchev–Trinajstić information content (AvgIpc) is 2.66. The molecule has 0 bridgehead atoms. The van der Waals surface area contributed by atoms with Crippen molar-refractivity contribution >= 4 is 22.9 Å². The molecular formula is C20H17N3O3. The van der Waals surface area contributed by atoms with Gasteiger partial charge in [-0.3, -0.25) is 19.4 Å². The summed E-state index contributed by atoms with van der Waals surface area (Å²) in [5.41, 5.74) is 4.12. The van der Waals surface area contributed by atoms with E-state index in [2.05, 4.69) is 17.1 Å². The maximum Gasteiger partial charge on any atom is 0.267 e. The topological polar surface area (TPSA) is 84.2 Å². The Bertz CT molecular complexity index is 1070. The van der Waals surface area contributed by atoms with Crippen molar-refractivity contribution in [3.05, 3.63) is 75.8 Å². The predicted molar refractivity (Wildman–Crippen MR) is 98.1 cm³/mol. The second-order valence-corrected chi connectivity index (χ2v) is 5.72. The van der Waals surface area contributed by atoms with Gasteiger partial charge in [0.25, 0.3) is 11.5 Å². The van der Waals surface area contributed by atoms with Gasteiger partial charge < -0.3 is 0 Å². The van der Waals surface area contributed by atoms with Crippen LogP contribution >= 0.6 is 0 Å². The van der Waals surface area contributed by atoms with Gasteiger partial charge in [-0.15, -0.1) is 0 Å². The van der Waals surface area contributed by atoms with E-state index < -0.39 is 5.91 Å². The molecule has 2 aromatic carbocycles. The summed E-state index contributed by atoms with van der Waals surface area (Å²) in [6, 6.07) is 14.6. The predicted octanol–water partition coefficient (Wildman–Crippen LogP) is 2.38. The van der Waals surface area contributed by atoms with Crippen molar-refractivity contribution in [2.24, 2.45) is 0 Å². The first kappa shape index (κ1) is 17.4. The van der Waals surface area contributed by atoms with Crippen LogP contribution in [-0.4, -0.2) is 20.7 Å². The van der Waals surface area contributed by atoms with E-state index in [0.29, 0.717) is 28.7 Å². The molecule has 0 saturated carbocycles. The van der Waals surface area contributed by atoms with Gasteiger partial charge in [0.15, 0.2) is 0 Å². The van der Waals surface area contributed by atoms with Crippen LogP contribution in [0.3, 0.4) is 0 Å². The molecular weight excluding hydrogens is 330 g/mol. The van der Waals surface area contributed by atoms with E-state index in [0.717, 1.165) is 11.3 Å². The number of hydrogen-bond acceptors (Lipinski definition) is 4. The third-order valence-corrected chi connectivity index (χ3v) is 4.02. The second-order valence-electron chi connectivity index (χ2n) is 5.72. The summed E-state index contributed by atoms with van der Waals surface area (Å²) in [7, 11) is 0. The standard InChI is InChI=1S/C20H17N3O3/c1-3-18-21-16-10-8-14(9-11-19(24)22-26)12-15(16)20(25)23(18)17-7-5-4-6-13(17)2/h5,7-12,26H,3H2,1-2H3,(H,22,24)/b11-9+. The van der Waals surface area contributed by atoms with E-state index in [1.54, 1.807) is 28.8 Å². The van der Waals surface area contributed by atoms with Gasteiger partial charge in [-0.2, -0.15) is 0 Å². The molecule has 3 rings (SSSR count). The smallest absolute Gasteiger partial charge is 0.267 e. The van der Waals surface area contributed by atoms with Crippen molar-refractivity contribution in [3.63, 3.8) is 0 Å². The highest BCUT2D eigenvalue weighted by Crippen LogP contribution is 2.17. The van der Waals surface area contributed by atoms with Gasteiger partial charge in [0.2, 0.25) is 0 Å². The minimum Gasteiger partial charge on any atom is -0.288 e. The number of nitrogens with one attached hydrogen (secondary N) is 1. The monoisotopic (exact) mass is 347 g/mol. The van der Waals surface area contributed by atoms with Crippen LogP contribution in [0.4, 0.5) is 0 Å². The summed E-state index contributed by atoms with van der Waals surface area (Å²) in [5.74, 6) is 0.0156. The lowest BCUT2D eigenvalue weighted by atomic mass is 10.1. The fraction of sp³-hybridized carbons (Fsp3) is 0.150. The highest BCUT2D eigenvalue weighted by molar-refractivity contribution is 5.91. The van der Waals surface area contributed by atoms with Gasteiger partial charge in [0, 0.05) is 18.1 Å². The van der Waals surface area contributed by atoms with Crippen LogP contribution in [0.25, 0.3) is 22.7 Å². The molecule has 0 spiro atoms. The Morgan fingerprint density at radius 1 is 1.38 bits per heavy atom. The molecule has 3 aromatic rings. The van der Waals surface area contributed by atoms with Gasteiger partial charge in [-0.05, 0) is 42.8 Å². The molecule has 0 aliphatic carbocycles. The molecule has 0 atom stereocenters. The van der Waals surface area contributed by atoms with Gasteiger partial charge in [-0.1, -0.05) is 25.1 Å². The van der Waals surface area contributed by atoms with Crippen LogP contribution in [0.5, 0.6) is 0 Å². The van der Waals surface area contributed by atoms with E-state index in [-0.39, 0.29) is 5.56 Å². The molecule has 0 unspecified atom stereocenters. The minimum atomic E-state index is -0.645. The van der Waals surface area contributed by atoms with Gasteiger partial charge in [0.05, 0.1) is 16.6 Å². The Hall–Kier alpha value is -3.43. The average molecular weight is 347 g/mol. The quantitative estimate of drug-likeness (QED) is 0.431. The SMILES string of the molecule is CCc1nc2ccc(/C=C/C(=O)NO)cc2c(=O)n1-c1ccc#cc1C. The first-order chi connectivity index (χ1) is 12.5. The Kier molecular flexibility index (Phi) is 4.83. The van der Waals surface area contributed by atoms with Crippen molar-refractivity contribution in [2.45, 2.75) is 20.3 Å². The summed E-state index contributed by atoms with van der Waals surface area (Å²) in [6.45, 7) is 3.82. The first-order valence-corrected chi connectivity index (χ1v) is 8.12. The van der Waals surface area contributed by atoms with Crippen molar-refractivity contribution in [1.29, 1.82) is 0 Å². The zero-order valence-electron chi connectivity index (χ0n) is 14.4. The van der Waals surface area contributed by atoms with Crippen LogP contribution in [0.2, 0.25) is 0 Å². The van der Waals surface area contributed by atoms with E-state index in [4.69, 9.17) is 5.21 Å². The molecule has 6 nitrogen and oxygen atoms in total. The lowest BCUT2D eigenvalue weighted by Gasteiger charge is -2.13. The highest BCUT2D eigenvalue weighted by Gasteiger charge is 2.13. The number of carbonyl (C=O) groups excluding carboxylic acids is 1.